The molecule has 0 amide bonds. The predicted molar refractivity (Wildman–Crippen MR) is 108 cm³/mol. The Bertz CT molecular complexity index is 1220. The van der Waals surface area contributed by atoms with Gasteiger partial charge < -0.3 is 13.6 Å². The van der Waals surface area contributed by atoms with E-state index in [4.69, 9.17) is 13.6 Å². The standard InChI is InChI=1S/C21H18N2O5S/c1-12-5-6-14-13(2)15(21(25)27-16(14)10-12)7-8-19(24)26-11-18-22-23-20(28-18)17-4-3-9-29-17/h3-6,9-10H,7-8,11H2,1-2H3. The number of carbonyl (C=O) groups excluding carboxylic acids is 1. The smallest absolute Gasteiger partial charge is 0.339 e. The fraction of sp³-hybridized carbons (Fsp3) is 0.238. The number of carbonyl (C=O) groups is 1. The summed E-state index contributed by atoms with van der Waals surface area (Å²) < 4.78 is 16.1. The van der Waals surface area contributed by atoms with E-state index in [1.165, 1.54) is 11.3 Å². The molecule has 4 rings (SSSR count). The Kier molecular flexibility index (Phi) is 5.26. The van der Waals surface area contributed by atoms with Crippen LogP contribution in [-0.4, -0.2) is 16.2 Å². The first-order valence-electron chi connectivity index (χ1n) is 9.06. The zero-order valence-corrected chi connectivity index (χ0v) is 16.7. The quantitative estimate of drug-likeness (QED) is 0.347. The maximum absolute atomic E-state index is 12.3. The Morgan fingerprint density at radius 2 is 2.03 bits per heavy atom. The second-order valence-corrected chi connectivity index (χ2v) is 7.58. The Labute approximate surface area is 170 Å². The number of aryl methyl sites for hydroxylation is 2. The maximum atomic E-state index is 12.3. The fourth-order valence-corrected chi connectivity index (χ4v) is 3.69. The Balaban J connectivity index is 1.39. The Morgan fingerprint density at radius 3 is 2.83 bits per heavy atom. The second kappa shape index (κ2) is 8.00. The number of nitrogens with zero attached hydrogens (tertiary/aromatic N) is 2. The fourth-order valence-electron chi connectivity index (χ4n) is 3.04. The third-order valence-corrected chi connectivity index (χ3v) is 5.44. The number of rotatable bonds is 6. The molecule has 7 nitrogen and oxygen atoms in total. The Hall–Kier alpha value is -3.26. The molecule has 3 heterocycles. The van der Waals surface area contributed by atoms with E-state index in [1.54, 1.807) is 0 Å². The highest BCUT2D eigenvalue weighted by atomic mass is 32.1. The molecule has 0 saturated heterocycles. The van der Waals surface area contributed by atoms with Gasteiger partial charge in [-0.3, -0.25) is 4.79 Å². The van der Waals surface area contributed by atoms with Crippen LogP contribution in [0, 0.1) is 13.8 Å². The lowest BCUT2D eigenvalue weighted by Crippen LogP contribution is -2.14. The molecular formula is C21H18N2O5S. The van der Waals surface area contributed by atoms with Crippen LogP contribution < -0.4 is 5.63 Å². The molecular weight excluding hydrogens is 392 g/mol. The molecule has 8 heteroatoms. The number of esters is 1. The molecule has 29 heavy (non-hydrogen) atoms. The van der Waals surface area contributed by atoms with Crippen molar-refractivity contribution in [3.8, 4) is 10.8 Å². The second-order valence-electron chi connectivity index (χ2n) is 6.63. The van der Waals surface area contributed by atoms with Crippen LogP contribution in [0.25, 0.3) is 21.7 Å². The minimum atomic E-state index is -0.455. The van der Waals surface area contributed by atoms with Gasteiger partial charge in [0.05, 0.1) is 4.88 Å². The number of ether oxygens (including phenoxy) is 1. The summed E-state index contributed by atoms with van der Waals surface area (Å²) in [4.78, 5) is 25.3. The monoisotopic (exact) mass is 410 g/mol. The minimum absolute atomic E-state index is 0.0505. The number of hydrogen-bond donors (Lipinski definition) is 0. The van der Waals surface area contributed by atoms with Gasteiger partial charge in [-0.2, -0.15) is 0 Å². The molecule has 0 saturated carbocycles. The molecule has 3 aromatic heterocycles. The summed E-state index contributed by atoms with van der Waals surface area (Å²) in [5.74, 6) is 0.160. The van der Waals surface area contributed by atoms with E-state index in [9.17, 15) is 9.59 Å². The van der Waals surface area contributed by atoms with Crippen molar-refractivity contribution in [1.82, 2.24) is 10.2 Å². The van der Waals surface area contributed by atoms with Crippen molar-refractivity contribution < 1.29 is 18.4 Å². The SMILES string of the molecule is Cc1ccc2c(C)c(CCC(=O)OCc3nnc(-c4cccs4)o3)c(=O)oc2c1. The first-order valence-corrected chi connectivity index (χ1v) is 9.94. The van der Waals surface area contributed by atoms with Crippen molar-refractivity contribution in [1.29, 1.82) is 0 Å². The number of fused-ring (bicyclic) bond motifs is 1. The highest BCUT2D eigenvalue weighted by Crippen LogP contribution is 2.23. The van der Waals surface area contributed by atoms with Crippen molar-refractivity contribution in [2.45, 2.75) is 33.3 Å². The summed E-state index contributed by atoms with van der Waals surface area (Å²) in [7, 11) is 0. The van der Waals surface area contributed by atoms with E-state index in [2.05, 4.69) is 10.2 Å². The molecule has 0 N–H and O–H groups in total. The molecule has 0 spiro atoms. The van der Waals surface area contributed by atoms with Gasteiger partial charge in [-0.15, -0.1) is 21.5 Å². The molecule has 0 atom stereocenters. The van der Waals surface area contributed by atoms with Crippen molar-refractivity contribution in [2.75, 3.05) is 0 Å². The molecule has 148 valence electrons. The molecule has 1 aromatic carbocycles. The third kappa shape index (κ3) is 4.12. The Morgan fingerprint density at radius 1 is 1.17 bits per heavy atom. The summed E-state index contributed by atoms with van der Waals surface area (Å²) >= 11 is 1.48. The van der Waals surface area contributed by atoms with Crippen LogP contribution >= 0.6 is 11.3 Å². The molecule has 0 radical (unpaired) electrons. The highest BCUT2D eigenvalue weighted by molar-refractivity contribution is 7.13. The lowest BCUT2D eigenvalue weighted by molar-refractivity contribution is -0.145. The van der Waals surface area contributed by atoms with Crippen LogP contribution in [0.15, 0.2) is 49.3 Å². The molecule has 0 aliphatic heterocycles. The van der Waals surface area contributed by atoms with Crippen molar-refractivity contribution in [2.24, 2.45) is 0 Å². The summed E-state index contributed by atoms with van der Waals surface area (Å²) in [5.41, 5.74) is 2.44. The summed E-state index contributed by atoms with van der Waals surface area (Å²) in [6, 6.07) is 9.47. The van der Waals surface area contributed by atoms with Crippen LogP contribution in [0.3, 0.4) is 0 Å². The van der Waals surface area contributed by atoms with Gasteiger partial charge in [-0.25, -0.2) is 4.79 Å². The van der Waals surface area contributed by atoms with Gasteiger partial charge in [-0.1, -0.05) is 18.2 Å². The molecule has 0 fully saturated rings. The number of aromatic nitrogens is 2. The van der Waals surface area contributed by atoms with Crippen molar-refractivity contribution in [3.63, 3.8) is 0 Å². The summed E-state index contributed by atoms with van der Waals surface area (Å²) in [5, 5.41) is 10.6. The van der Waals surface area contributed by atoms with Gasteiger partial charge in [-0.05, 0) is 48.9 Å². The first kappa shape index (κ1) is 19.1. The van der Waals surface area contributed by atoms with Gasteiger partial charge in [0.25, 0.3) is 11.8 Å². The van der Waals surface area contributed by atoms with Gasteiger partial charge in [0.1, 0.15) is 5.58 Å². The summed E-state index contributed by atoms with van der Waals surface area (Å²) in [6.45, 7) is 3.69. The first-order chi connectivity index (χ1) is 14.0. The van der Waals surface area contributed by atoms with Crippen LogP contribution in [0.4, 0.5) is 0 Å². The van der Waals surface area contributed by atoms with Crippen LogP contribution in [0.5, 0.6) is 0 Å². The third-order valence-electron chi connectivity index (χ3n) is 4.58. The van der Waals surface area contributed by atoms with Gasteiger partial charge in [0.2, 0.25) is 0 Å². The van der Waals surface area contributed by atoms with Crippen molar-refractivity contribution >= 4 is 28.3 Å². The van der Waals surface area contributed by atoms with Gasteiger partial charge >= 0.3 is 11.6 Å². The predicted octanol–water partition coefficient (Wildman–Crippen LogP) is 4.20. The molecule has 0 aliphatic carbocycles. The zero-order chi connectivity index (χ0) is 20.4. The topological polar surface area (TPSA) is 95.4 Å². The van der Waals surface area contributed by atoms with E-state index in [-0.39, 0.29) is 25.3 Å². The van der Waals surface area contributed by atoms with E-state index in [1.807, 2.05) is 49.6 Å². The summed E-state index contributed by atoms with van der Waals surface area (Å²) in [6.07, 6.45) is 0.288. The van der Waals surface area contributed by atoms with E-state index < -0.39 is 11.6 Å². The van der Waals surface area contributed by atoms with E-state index >= 15 is 0 Å². The van der Waals surface area contributed by atoms with Gasteiger partial charge in [0, 0.05) is 17.4 Å². The van der Waals surface area contributed by atoms with Crippen LogP contribution in [0.2, 0.25) is 0 Å². The zero-order valence-electron chi connectivity index (χ0n) is 15.9. The molecule has 0 bridgehead atoms. The largest absolute Gasteiger partial charge is 0.456 e. The van der Waals surface area contributed by atoms with Crippen LogP contribution in [-0.2, 0) is 22.6 Å². The average Bonchev–Trinajstić information content (AvgIpc) is 3.37. The van der Waals surface area contributed by atoms with Gasteiger partial charge in [0.15, 0.2) is 6.61 Å². The normalized spacial score (nSPS) is 11.1. The molecule has 0 aliphatic rings. The maximum Gasteiger partial charge on any atom is 0.339 e. The minimum Gasteiger partial charge on any atom is -0.456 e. The highest BCUT2D eigenvalue weighted by Gasteiger charge is 2.15. The number of hydrogen-bond acceptors (Lipinski definition) is 8. The van der Waals surface area contributed by atoms with E-state index in [0.29, 0.717) is 17.0 Å². The molecule has 0 unspecified atom stereocenters. The van der Waals surface area contributed by atoms with Crippen molar-refractivity contribution in [3.05, 3.63) is 68.7 Å². The molecule has 4 aromatic rings. The average molecular weight is 410 g/mol. The van der Waals surface area contributed by atoms with E-state index in [0.717, 1.165) is 21.4 Å². The van der Waals surface area contributed by atoms with Crippen LogP contribution in [0.1, 0.15) is 29.0 Å². The lowest BCUT2D eigenvalue weighted by Gasteiger charge is -2.08. The lowest BCUT2D eigenvalue weighted by atomic mass is 10.0. The number of benzene rings is 1. The number of thiophene rings is 1.